The fourth-order valence-electron chi connectivity index (χ4n) is 3.64. The number of ether oxygens (including phenoxy) is 1. The number of nitrogens with one attached hydrogen (secondary N) is 1. The van der Waals surface area contributed by atoms with Gasteiger partial charge in [0.25, 0.3) is 0 Å². The summed E-state index contributed by atoms with van der Waals surface area (Å²) in [6.07, 6.45) is 7.52. The Kier molecular flexibility index (Phi) is 4.85. The topological polar surface area (TPSA) is 81.9 Å². The van der Waals surface area contributed by atoms with Crippen LogP contribution < -0.4 is 5.32 Å². The summed E-state index contributed by atoms with van der Waals surface area (Å²) in [4.78, 5) is 17.0. The van der Waals surface area contributed by atoms with Gasteiger partial charge in [0.1, 0.15) is 11.5 Å². The fraction of sp³-hybridized carbons (Fsp3) is 0.400. The minimum atomic E-state index is 0.0276. The van der Waals surface area contributed by atoms with Crippen molar-refractivity contribution in [2.24, 2.45) is 13.0 Å². The summed E-state index contributed by atoms with van der Waals surface area (Å²) in [7, 11) is 3.58. The molecule has 1 fully saturated rings. The number of anilines is 1. The number of amides is 1. The van der Waals surface area contributed by atoms with Crippen molar-refractivity contribution < 1.29 is 9.53 Å². The third-order valence-corrected chi connectivity index (χ3v) is 5.25. The first-order chi connectivity index (χ1) is 13.1. The number of hydrogen-bond donors (Lipinski definition) is 1. The summed E-state index contributed by atoms with van der Waals surface area (Å²) < 4.78 is 7.06. The minimum Gasteiger partial charge on any atom is -0.381 e. The zero-order valence-corrected chi connectivity index (χ0v) is 15.6. The zero-order chi connectivity index (χ0) is 18.8. The van der Waals surface area contributed by atoms with Crippen LogP contribution in [0.1, 0.15) is 25.7 Å². The Morgan fingerprint density at radius 1 is 1.19 bits per heavy atom. The highest BCUT2D eigenvalue weighted by atomic mass is 16.5. The molecule has 1 saturated carbocycles. The maximum atomic E-state index is 12.6. The zero-order valence-electron chi connectivity index (χ0n) is 15.6. The molecule has 0 spiro atoms. The van der Waals surface area contributed by atoms with E-state index in [1.807, 2.05) is 37.5 Å². The highest BCUT2D eigenvalue weighted by molar-refractivity contribution is 5.95. The molecule has 3 aromatic rings. The highest BCUT2D eigenvalue weighted by Gasteiger charge is 2.26. The van der Waals surface area contributed by atoms with Gasteiger partial charge in [-0.05, 0) is 43.2 Å². The minimum absolute atomic E-state index is 0.0276. The molecule has 1 amide bonds. The number of rotatable bonds is 4. The number of benzene rings is 1. The van der Waals surface area contributed by atoms with Crippen LogP contribution >= 0.6 is 0 Å². The van der Waals surface area contributed by atoms with E-state index in [-0.39, 0.29) is 17.9 Å². The smallest absolute Gasteiger partial charge is 0.228 e. The molecule has 1 N–H and O–H groups in total. The maximum absolute atomic E-state index is 12.6. The van der Waals surface area contributed by atoms with E-state index in [2.05, 4.69) is 20.6 Å². The molecule has 2 aromatic heterocycles. The van der Waals surface area contributed by atoms with E-state index in [1.54, 1.807) is 18.0 Å². The third-order valence-electron chi connectivity index (χ3n) is 5.25. The van der Waals surface area contributed by atoms with Gasteiger partial charge >= 0.3 is 0 Å². The average molecular weight is 365 g/mol. The fourth-order valence-corrected chi connectivity index (χ4v) is 3.64. The van der Waals surface area contributed by atoms with E-state index in [9.17, 15) is 4.79 Å². The second kappa shape index (κ2) is 7.44. The van der Waals surface area contributed by atoms with Crippen molar-refractivity contribution in [3.8, 4) is 11.3 Å². The molecular formula is C20H23N5O2. The van der Waals surface area contributed by atoms with Crippen molar-refractivity contribution in [2.75, 3.05) is 12.4 Å². The molecular weight excluding hydrogens is 342 g/mol. The van der Waals surface area contributed by atoms with Crippen molar-refractivity contribution in [1.29, 1.82) is 0 Å². The third kappa shape index (κ3) is 3.83. The van der Waals surface area contributed by atoms with Gasteiger partial charge in [-0.1, -0.05) is 17.3 Å². The van der Waals surface area contributed by atoms with Gasteiger partial charge in [0, 0.05) is 37.2 Å². The van der Waals surface area contributed by atoms with E-state index in [0.29, 0.717) is 5.82 Å². The lowest BCUT2D eigenvalue weighted by Gasteiger charge is -2.26. The van der Waals surface area contributed by atoms with Gasteiger partial charge in [-0.3, -0.25) is 9.48 Å². The first-order valence-corrected chi connectivity index (χ1v) is 9.22. The Morgan fingerprint density at radius 2 is 2.00 bits per heavy atom. The van der Waals surface area contributed by atoms with Crippen LogP contribution in [0.15, 0.2) is 36.7 Å². The summed E-state index contributed by atoms with van der Waals surface area (Å²) >= 11 is 0. The number of carbonyl (C=O) groups is 1. The Balaban J connectivity index is 1.51. The predicted octanol–water partition coefficient (Wildman–Crippen LogP) is 3.17. The summed E-state index contributed by atoms with van der Waals surface area (Å²) in [5.74, 6) is 0.652. The lowest BCUT2D eigenvalue weighted by atomic mass is 9.87. The lowest BCUT2D eigenvalue weighted by Crippen LogP contribution is -2.29. The van der Waals surface area contributed by atoms with Gasteiger partial charge in [-0.25, -0.2) is 4.98 Å². The van der Waals surface area contributed by atoms with Gasteiger partial charge in [0.2, 0.25) is 5.91 Å². The molecule has 0 atom stereocenters. The van der Waals surface area contributed by atoms with Crippen molar-refractivity contribution in [1.82, 2.24) is 20.0 Å². The monoisotopic (exact) mass is 365 g/mol. The van der Waals surface area contributed by atoms with E-state index < -0.39 is 0 Å². The first-order valence-electron chi connectivity index (χ1n) is 9.22. The number of aryl methyl sites for hydroxylation is 1. The summed E-state index contributed by atoms with van der Waals surface area (Å²) in [5, 5.41) is 13.1. The number of nitrogens with zero attached hydrogens (tertiary/aromatic N) is 4. The molecule has 1 aromatic carbocycles. The van der Waals surface area contributed by atoms with E-state index in [1.165, 1.54) is 0 Å². The Bertz CT molecular complexity index is 960. The SMILES string of the molecule is CO[C@H]1CC[C@H](C(=O)Nc2cc3cc(-c4cn(C)nn4)ccc3cn2)CC1. The van der Waals surface area contributed by atoms with Gasteiger partial charge < -0.3 is 10.1 Å². The molecule has 0 radical (unpaired) electrons. The van der Waals surface area contributed by atoms with E-state index >= 15 is 0 Å². The molecule has 7 nitrogen and oxygen atoms in total. The molecule has 7 heteroatoms. The van der Waals surface area contributed by atoms with Crippen LogP contribution in [0.25, 0.3) is 22.0 Å². The second-order valence-corrected chi connectivity index (χ2v) is 7.11. The largest absolute Gasteiger partial charge is 0.381 e. The van der Waals surface area contributed by atoms with Crippen molar-refractivity contribution in [2.45, 2.75) is 31.8 Å². The number of carbonyl (C=O) groups excluding carboxylic acids is 1. The maximum Gasteiger partial charge on any atom is 0.228 e. The Morgan fingerprint density at radius 3 is 2.70 bits per heavy atom. The van der Waals surface area contributed by atoms with Crippen molar-refractivity contribution >= 4 is 22.5 Å². The molecule has 1 aliphatic carbocycles. The lowest BCUT2D eigenvalue weighted by molar-refractivity contribution is -0.121. The summed E-state index contributed by atoms with van der Waals surface area (Å²) in [5.41, 5.74) is 1.80. The molecule has 140 valence electrons. The highest BCUT2D eigenvalue weighted by Crippen LogP contribution is 2.28. The summed E-state index contributed by atoms with van der Waals surface area (Å²) in [6, 6.07) is 7.96. The van der Waals surface area contributed by atoms with E-state index in [0.717, 1.165) is 47.7 Å². The van der Waals surface area contributed by atoms with Crippen LogP contribution in [0, 0.1) is 5.92 Å². The van der Waals surface area contributed by atoms with Crippen molar-refractivity contribution in [3.05, 3.63) is 36.7 Å². The number of methoxy groups -OCH3 is 1. The molecule has 1 aliphatic rings. The second-order valence-electron chi connectivity index (χ2n) is 7.11. The molecule has 0 saturated heterocycles. The van der Waals surface area contributed by atoms with Crippen LogP contribution in [0.3, 0.4) is 0 Å². The van der Waals surface area contributed by atoms with Gasteiger partial charge in [-0.15, -0.1) is 5.10 Å². The number of pyridine rings is 1. The normalized spacial score (nSPS) is 19.9. The molecule has 4 rings (SSSR count). The predicted molar refractivity (Wildman–Crippen MR) is 103 cm³/mol. The number of fused-ring (bicyclic) bond motifs is 1. The molecule has 0 unspecified atom stereocenters. The van der Waals surface area contributed by atoms with Gasteiger partial charge in [-0.2, -0.15) is 0 Å². The van der Waals surface area contributed by atoms with Gasteiger partial charge in [0.15, 0.2) is 0 Å². The quantitative estimate of drug-likeness (QED) is 0.768. The first kappa shape index (κ1) is 17.6. The van der Waals surface area contributed by atoms with Crippen LogP contribution in [0.4, 0.5) is 5.82 Å². The number of hydrogen-bond acceptors (Lipinski definition) is 5. The van der Waals surface area contributed by atoms with Crippen LogP contribution in [-0.2, 0) is 16.6 Å². The summed E-state index contributed by atoms with van der Waals surface area (Å²) in [6.45, 7) is 0. The van der Waals surface area contributed by atoms with Crippen LogP contribution in [-0.4, -0.2) is 39.1 Å². The Hall–Kier alpha value is -2.80. The molecule has 27 heavy (non-hydrogen) atoms. The number of aromatic nitrogens is 4. The van der Waals surface area contributed by atoms with E-state index in [4.69, 9.17) is 4.74 Å². The van der Waals surface area contributed by atoms with Crippen LogP contribution in [0.2, 0.25) is 0 Å². The molecule has 2 heterocycles. The Labute approximate surface area is 157 Å². The van der Waals surface area contributed by atoms with Crippen LogP contribution in [0.5, 0.6) is 0 Å². The van der Waals surface area contributed by atoms with Crippen molar-refractivity contribution in [3.63, 3.8) is 0 Å². The van der Waals surface area contributed by atoms with Gasteiger partial charge in [0.05, 0.1) is 12.3 Å². The average Bonchev–Trinajstić information content (AvgIpc) is 3.14. The standard InChI is InChI=1S/C20H23N5O2/c1-25-12-18(23-24-25)14-3-4-15-11-21-19(10-16(15)9-14)22-20(26)13-5-7-17(27-2)8-6-13/h3-4,9-13,17H,5-8H2,1-2H3,(H,21,22,26)/t13-,17-. The molecule has 0 aliphatic heterocycles. The molecule has 0 bridgehead atoms.